The number of amides is 2. The number of aromatic amines is 1. The average molecular weight is 389 g/mol. The fraction of sp³-hybridized carbons (Fsp3) is 0.167. The Morgan fingerprint density at radius 2 is 2.04 bits per heavy atom. The minimum Gasteiger partial charge on any atom is -0.360 e. The third-order valence-corrected chi connectivity index (χ3v) is 4.67. The molecule has 0 radical (unpaired) electrons. The zero-order chi connectivity index (χ0) is 18.5. The van der Waals surface area contributed by atoms with E-state index >= 15 is 0 Å². The van der Waals surface area contributed by atoms with Crippen LogP contribution in [0.25, 0.3) is 11.4 Å². The van der Waals surface area contributed by atoms with Gasteiger partial charge >= 0.3 is 0 Å². The van der Waals surface area contributed by atoms with Crippen molar-refractivity contribution in [2.45, 2.75) is 19.4 Å². The van der Waals surface area contributed by atoms with Gasteiger partial charge in [-0.1, -0.05) is 23.7 Å². The Bertz CT molecular complexity index is 890. The molecule has 2 heterocycles. The summed E-state index contributed by atoms with van der Waals surface area (Å²) in [5.41, 5.74) is 2.47. The summed E-state index contributed by atoms with van der Waals surface area (Å²) in [5.74, 6) is -0.438. The van der Waals surface area contributed by atoms with Crippen molar-refractivity contribution < 1.29 is 9.59 Å². The molecule has 1 atom stereocenters. The maximum absolute atomic E-state index is 12.4. The first-order chi connectivity index (χ1) is 12.5. The number of aromatic nitrogens is 2. The van der Waals surface area contributed by atoms with Crippen molar-refractivity contribution in [2.24, 2.45) is 0 Å². The van der Waals surface area contributed by atoms with Crippen molar-refractivity contribution in [3.63, 3.8) is 0 Å². The molecule has 3 N–H and O–H groups in total. The molecule has 134 valence electrons. The molecule has 2 amide bonds. The number of halogens is 1. The van der Waals surface area contributed by atoms with E-state index in [9.17, 15) is 9.59 Å². The molecular formula is C18H17ClN4O2S. The maximum Gasteiger partial charge on any atom is 0.228 e. The van der Waals surface area contributed by atoms with Gasteiger partial charge in [0, 0.05) is 23.5 Å². The number of thiazole rings is 1. The molecule has 1 unspecified atom stereocenters. The van der Waals surface area contributed by atoms with Gasteiger partial charge in [-0.15, -0.1) is 11.3 Å². The van der Waals surface area contributed by atoms with Crippen molar-refractivity contribution in [1.29, 1.82) is 0 Å². The van der Waals surface area contributed by atoms with Gasteiger partial charge in [-0.05, 0) is 29.8 Å². The largest absolute Gasteiger partial charge is 0.360 e. The second-order valence-corrected chi connectivity index (χ2v) is 6.97. The number of anilines is 1. The lowest BCUT2D eigenvalue weighted by Crippen LogP contribution is -2.29. The molecule has 1 aromatic carbocycles. The Morgan fingerprint density at radius 3 is 2.69 bits per heavy atom. The van der Waals surface area contributed by atoms with Crippen molar-refractivity contribution in [2.75, 3.05) is 5.32 Å². The Kier molecular flexibility index (Phi) is 5.70. The van der Waals surface area contributed by atoms with Crippen molar-refractivity contribution in [3.05, 3.63) is 58.6 Å². The predicted octanol–water partition coefficient (Wildman–Crippen LogP) is 4.00. The zero-order valence-corrected chi connectivity index (χ0v) is 15.5. The number of nitrogens with one attached hydrogen (secondary N) is 3. The van der Waals surface area contributed by atoms with Crippen LogP contribution in [0.4, 0.5) is 5.13 Å². The van der Waals surface area contributed by atoms with Gasteiger partial charge in [0.15, 0.2) is 5.13 Å². The van der Waals surface area contributed by atoms with Crippen LogP contribution in [0, 0.1) is 0 Å². The van der Waals surface area contributed by atoms with E-state index in [-0.39, 0.29) is 18.2 Å². The summed E-state index contributed by atoms with van der Waals surface area (Å²) in [6.07, 6.45) is 1.91. The Balaban J connectivity index is 1.67. The molecule has 0 saturated carbocycles. The van der Waals surface area contributed by atoms with E-state index in [1.165, 1.54) is 18.3 Å². The van der Waals surface area contributed by atoms with Crippen LogP contribution in [0.1, 0.15) is 24.9 Å². The standard InChI is InChI=1S/C18H17ClN4O2S/c1-11(24)21-15(12-4-6-13(19)7-5-12)9-17(25)23-18-22-16(10-26-18)14-3-2-8-20-14/h2-8,10,15,20H,9H2,1H3,(H,21,24)(H,22,23,25). The first kappa shape index (κ1) is 18.2. The number of hydrogen-bond donors (Lipinski definition) is 3. The van der Waals surface area contributed by atoms with Gasteiger partial charge in [-0.3, -0.25) is 9.59 Å². The summed E-state index contributed by atoms with van der Waals surface area (Å²) in [4.78, 5) is 31.4. The molecule has 0 bridgehead atoms. The first-order valence-electron chi connectivity index (χ1n) is 7.93. The molecular weight excluding hydrogens is 372 g/mol. The van der Waals surface area contributed by atoms with Gasteiger partial charge in [-0.2, -0.15) is 0 Å². The van der Waals surface area contributed by atoms with E-state index in [0.717, 1.165) is 17.0 Å². The van der Waals surface area contributed by atoms with Crippen LogP contribution in [-0.4, -0.2) is 21.8 Å². The third-order valence-electron chi connectivity index (χ3n) is 3.66. The highest BCUT2D eigenvalue weighted by Gasteiger charge is 2.18. The predicted molar refractivity (Wildman–Crippen MR) is 103 cm³/mol. The Morgan fingerprint density at radius 1 is 1.27 bits per heavy atom. The Labute approximate surface area is 159 Å². The third kappa shape index (κ3) is 4.71. The number of H-pyrrole nitrogens is 1. The lowest BCUT2D eigenvalue weighted by Gasteiger charge is -2.17. The number of hydrogen-bond acceptors (Lipinski definition) is 4. The fourth-order valence-electron chi connectivity index (χ4n) is 2.49. The van der Waals surface area contributed by atoms with Gasteiger partial charge in [0.25, 0.3) is 0 Å². The number of nitrogens with zero attached hydrogens (tertiary/aromatic N) is 1. The molecule has 8 heteroatoms. The van der Waals surface area contributed by atoms with Gasteiger partial charge in [0.2, 0.25) is 11.8 Å². The van der Waals surface area contributed by atoms with Gasteiger partial charge < -0.3 is 15.6 Å². The van der Waals surface area contributed by atoms with Gasteiger partial charge in [0.1, 0.15) is 0 Å². The summed E-state index contributed by atoms with van der Waals surface area (Å²) in [7, 11) is 0. The van der Waals surface area contributed by atoms with E-state index in [4.69, 9.17) is 11.6 Å². The van der Waals surface area contributed by atoms with Crippen molar-refractivity contribution in [1.82, 2.24) is 15.3 Å². The maximum atomic E-state index is 12.4. The highest BCUT2D eigenvalue weighted by atomic mass is 35.5. The summed E-state index contributed by atoms with van der Waals surface area (Å²) in [6.45, 7) is 1.42. The van der Waals surface area contributed by atoms with Crippen LogP contribution in [0.5, 0.6) is 0 Å². The number of benzene rings is 1. The quantitative estimate of drug-likeness (QED) is 0.596. The minimum atomic E-state index is -0.437. The SMILES string of the molecule is CC(=O)NC(CC(=O)Nc1nc(-c2ccc[nH]2)cs1)c1ccc(Cl)cc1. The fourth-order valence-corrected chi connectivity index (χ4v) is 3.35. The summed E-state index contributed by atoms with van der Waals surface area (Å²) in [5, 5.41) is 8.56. The number of carbonyl (C=O) groups is 2. The van der Waals surface area contributed by atoms with E-state index in [1.54, 1.807) is 24.3 Å². The topological polar surface area (TPSA) is 86.9 Å². The second kappa shape index (κ2) is 8.16. The van der Waals surface area contributed by atoms with E-state index in [0.29, 0.717) is 10.2 Å². The Hall–Kier alpha value is -2.64. The van der Waals surface area contributed by atoms with E-state index in [2.05, 4.69) is 20.6 Å². The van der Waals surface area contributed by atoms with Crippen LogP contribution < -0.4 is 10.6 Å². The molecule has 3 rings (SSSR count). The summed E-state index contributed by atoms with van der Waals surface area (Å²) >= 11 is 7.25. The molecule has 6 nitrogen and oxygen atoms in total. The molecule has 3 aromatic rings. The molecule has 2 aromatic heterocycles. The monoisotopic (exact) mass is 388 g/mol. The first-order valence-corrected chi connectivity index (χ1v) is 9.19. The van der Waals surface area contributed by atoms with E-state index in [1.807, 2.05) is 23.7 Å². The molecule has 0 saturated heterocycles. The lowest BCUT2D eigenvalue weighted by atomic mass is 10.0. The molecule has 0 aliphatic carbocycles. The van der Waals surface area contributed by atoms with Crippen LogP contribution in [0.15, 0.2) is 48.0 Å². The van der Waals surface area contributed by atoms with Gasteiger partial charge in [-0.25, -0.2) is 4.98 Å². The highest BCUT2D eigenvalue weighted by molar-refractivity contribution is 7.14. The molecule has 0 aliphatic rings. The molecule has 0 aliphatic heterocycles. The number of carbonyl (C=O) groups excluding carboxylic acids is 2. The van der Waals surface area contributed by atoms with Crippen molar-refractivity contribution in [3.8, 4) is 11.4 Å². The highest BCUT2D eigenvalue weighted by Crippen LogP contribution is 2.25. The van der Waals surface area contributed by atoms with Crippen LogP contribution in [-0.2, 0) is 9.59 Å². The molecule has 26 heavy (non-hydrogen) atoms. The van der Waals surface area contributed by atoms with Gasteiger partial charge in [0.05, 0.1) is 23.9 Å². The normalized spacial score (nSPS) is 11.8. The van der Waals surface area contributed by atoms with Crippen LogP contribution in [0.2, 0.25) is 5.02 Å². The number of rotatable bonds is 6. The van der Waals surface area contributed by atoms with Crippen LogP contribution >= 0.6 is 22.9 Å². The average Bonchev–Trinajstić information content (AvgIpc) is 3.25. The molecule has 0 spiro atoms. The van der Waals surface area contributed by atoms with Crippen molar-refractivity contribution >= 4 is 39.9 Å². The molecule has 0 fully saturated rings. The smallest absolute Gasteiger partial charge is 0.228 e. The summed E-state index contributed by atoms with van der Waals surface area (Å²) in [6, 6.07) is 10.4. The van der Waals surface area contributed by atoms with Crippen LogP contribution in [0.3, 0.4) is 0 Å². The minimum absolute atomic E-state index is 0.0959. The zero-order valence-electron chi connectivity index (χ0n) is 14.0. The van der Waals surface area contributed by atoms with E-state index < -0.39 is 6.04 Å². The lowest BCUT2D eigenvalue weighted by molar-refractivity contribution is -0.120. The second-order valence-electron chi connectivity index (χ2n) is 5.68. The summed E-state index contributed by atoms with van der Waals surface area (Å²) < 4.78 is 0.